The van der Waals surface area contributed by atoms with Crippen LogP contribution in [0.1, 0.15) is 40.0 Å². The molecular formula is C13H24N2O4. The smallest absolute Gasteiger partial charge is 0.407 e. The van der Waals surface area contributed by atoms with Gasteiger partial charge in [-0.15, -0.1) is 0 Å². The van der Waals surface area contributed by atoms with Crippen LogP contribution >= 0.6 is 0 Å². The average molecular weight is 272 g/mol. The van der Waals surface area contributed by atoms with E-state index in [4.69, 9.17) is 4.74 Å². The van der Waals surface area contributed by atoms with Gasteiger partial charge in [0.25, 0.3) is 0 Å². The Hall–Kier alpha value is -1.43. The summed E-state index contributed by atoms with van der Waals surface area (Å²) in [5.74, 6) is 0. The number of amides is 1. The molecule has 0 aliphatic rings. The van der Waals surface area contributed by atoms with Crippen LogP contribution in [0.4, 0.5) is 4.79 Å². The second-order valence-electron chi connectivity index (χ2n) is 5.22. The Bertz CT molecular complexity index is 287. The summed E-state index contributed by atoms with van der Waals surface area (Å²) in [7, 11) is 0. The Balaban J connectivity index is 3.60. The van der Waals surface area contributed by atoms with Crippen LogP contribution < -0.4 is 10.6 Å². The number of hydrogen-bond acceptors (Lipinski definition) is 5. The van der Waals surface area contributed by atoms with Crippen LogP contribution in [0.25, 0.3) is 0 Å². The van der Waals surface area contributed by atoms with Gasteiger partial charge in [-0.1, -0.05) is 0 Å². The summed E-state index contributed by atoms with van der Waals surface area (Å²) < 4.78 is 5.07. The third-order valence-electron chi connectivity index (χ3n) is 2.19. The highest BCUT2D eigenvalue weighted by molar-refractivity contribution is 5.67. The number of aldehydes is 2. The van der Waals surface area contributed by atoms with Gasteiger partial charge in [0.1, 0.15) is 18.2 Å². The van der Waals surface area contributed by atoms with Crippen molar-refractivity contribution in [3.8, 4) is 0 Å². The van der Waals surface area contributed by atoms with Crippen LogP contribution in [0.5, 0.6) is 0 Å². The minimum Gasteiger partial charge on any atom is -0.444 e. The fourth-order valence-corrected chi connectivity index (χ4v) is 1.35. The van der Waals surface area contributed by atoms with Crippen LogP contribution in [0, 0.1) is 0 Å². The topological polar surface area (TPSA) is 84.5 Å². The molecule has 0 saturated carbocycles. The monoisotopic (exact) mass is 272 g/mol. The zero-order valence-electron chi connectivity index (χ0n) is 11.9. The molecule has 0 rings (SSSR count). The summed E-state index contributed by atoms with van der Waals surface area (Å²) in [5, 5.41) is 5.64. The molecule has 6 nitrogen and oxygen atoms in total. The Kier molecular flexibility index (Phi) is 8.78. The van der Waals surface area contributed by atoms with E-state index in [-0.39, 0.29) is 6.04 Å². The molecule has 0 aromatic rings. The molecule has 0 radical (unpaired) electrons. The van der Waals surface area contributed by atoms with Gasteiger partial charge in [0.2, 0.25) is 0 Å². The molecule has 110 valence electrons. The lowest BCUT2D eigenvalue weighted by Crippen LogP contribution is -2.36. The first-order chi connectivity index (χ1) is 8.89. The second kappa shape index (κ2) is 9.49. The molecule has 1 atom stereocenters. The van der Waals surface area contributed by atoms with Gasteiger partial charge >= 0.3 is 6.09 Å². The largest absolute Gasteiger partial charge is 0.444 e. The van der Waals surface area contributed by atoms with Gasteiger partial charge in [0.15, 0.2) is 0 Å². The summed E-state index contributed by atoms with van der Waals surface area (Å²) in [4.78, 5) is 32.2. The van der Waals surface area contributed by atoms with Gasteiger partial charge in [-0.25, -0.2) is 4.79 Å². The minimum atomic E-state index is -0.500. The molecule has 0 aromatic carbocycles. The lowest BCUT2D eigenvalue weighted by atomic mass is 10.2. The lowest BCUT2D eigenvalue weighted by molar-refractivity contribution is -0.110. The summed E-state index contributed by atoms with van der Waals surface area (Å²) in [6.07, 6.45) is 2.71. The average Bonchev–Trinajstić information content (AvgIpc) is 2.30. The predicted octanol–water partition coefficient (Wildman–Crippen LogP) is 1.04. The van der Waals surface area contributed by atoms with Crippen LogP contribution in [-0.2, 0) is 14.3 Å². The summed E-state index contributed by atoms with van der Waals surface area (Å²) in [6.45, 7) is 6.47. The molecule has 2 N–H and O–H groups in total. The molecule has 0 fully saturated rings. The van der Waals surface area contributed by atoms with E-state index in [1.807, 2.05) is 0 Å². The quantitative estimate of drug-likeness (QED) is 0.484. The van der Waals surface area contributed by atoms with E-state index in [0.717, 1.165) is 12.6 Å². The maximum Gasteiger partial charge on any atom is 0.407 e. The normalized spacial score (nSPS) is 12.6. The Morgan fingerprint density at radius 2 is 1.95 bits per heavy atom. The highest BCUT2D eigenvalue weighted by Gasteiger charge is 2.15. The third kappa shape index (κ3) is 11.4. The van der Waals surface area contributed by atoms with Crippen LogP contribution in [0.2, 0.25) is 0 Å². The number of hydrogen-bond donors (Lipinski definition) is 2. The zero-order chi connectivity index (χ0) is 14.7. The highest BCUT2D eigenvalue weighted by atomic mass is 16.6. The fraction of sp³-hybridized carbons (Fsp3) is 0.769. The summed E-state index contributed by atoms with van der Waals surface area (Å²) in [5.41, 5.74) is -0.500. The van der Waals surface area contributed by atoms with E-state index in [1.165, 1.54) is 0 Å². The van der Waals surface area contributed by atoms with Gasteiger partial charge in [0, 0.05) is 13.0 Å². The minimum absolute atomic E-state index is 0.299. The second-order valence-corrected chi connectivity index (χ2v) is 5.22. The Morgan fingerprint density at radius 1 is 1.26 bits per heavy atom. The van der Waals surface area contributed by atoms with Crippen molar-refractivity contribution < 1.29 is 19.1 Å². The molecule has 0 heterocycles. The van der Waals surface area contributed by atoms with Crippen molar-refractivity contribution in [1.82, 2.24) is 10.6 Å². The molecule has 1 unspecified atom stereocenters. The molecule has 1 amide bonds. The molecule has 0 aromatic heterocycles. The van der Waals surface area contributed by atoms with E-state index in [9.17, 15) is 14.4 Å². The van der Waals surface area contributed by atoms with Gasteiger partial charge in [-0.05, 0) is 40.2 Å². The Labute approximate surface area is 114 Å². The number of rotatable bonds is 9. The maximum atomic E-state index is 11.3. The first-order valence-corrected chi connectivity index (χ1v) is 6.48. The van der Waals surface area contributed by atoms with E-state index in [1.54, 1.807) is 20.8 Å². The number of carbonyl (C=O) groups is 3. The van der Waals surface area contributed by atoms with Crippen LogP contribution in [0.3, 0.4) is 0 Å². The molecule has 0 aliphatic carbocycles. The Morgan fingerprint density at radius 3 is 2.47 bits per heavy atom. The molecule has 0 aliphatic heterocycles. The molecule has 0 spiro atoms. The van der Waals surface area contributed by atoms with E-state index in [0.29, 0.717) is 32.4 Å². The lowest BCUT2D eigenvalue weighted by Gasteiger charge is -2.19. The van der Waals surface area contributed by atoms with Crippen molar-refractivity contribution in [1.29, 1.82) is 0 Å². The van der Waals surface area contributed by atoms with Crippen molar-refractivity contribution in [2.75, 3.05) is 13.1 Å². The molecular weight excluding hydrogens is 248 g/mol. The van der Waals surface area contributed by atoms with Crippen molar-refractivity contribution in [3.63, 3.8) is 0 Å². The van der Waals surface area contributed by atoms with Crippen molar-refractivity contribution in [2.24, 2.45) is 0 Å². The van der Waals surface area contributed by atoms with Crippen molar-refractivity contribution in [3.05, 3.63) is 0 Å². The summed E-state index contributed by atoms with van der Waals surface area (Å²) in [6, 6.07) is -0.299. The first-order valence-electron chi connectivity index (χ1n) is 6.48. The van der Waals surface area contributed by atoms with E-state index in [2.05, 4.69) is 10.6 Å². The number of alkyl carbamates (subject to hydrolysis) is 1. The molecule has 6 heteroatoms. The van der Waals surface area contributed by atoms with Crippen molar-refractivity contribution >= 4 is 18.7 Å². The van der Waals surface area contributed by atoms with Crippen LogP contribution in [-0.4, -0.2) is 43.4 Å². The molecule has 19 heavy (non-hydrogen) atoms. The number of ether oxygens (including phenoxy) is 1. The fourth-order valence-electron chi connectivity index (χ4n) is 1.35. The molecule has 0 bridgehead atoms. The van der Waals surface area contributed by atoms with E-state index < -0.39 is 11.7 Å². The third-order valence-corrected chi connectivity index (χ3v) is 2.19. The van der Waals surface area contributed by atoms with Gasteiger partial charge in [-0.3, -0.25) is 0 Å². The number of nitrogens with one attached hydrogen (secondary N) is 2. The van der Waals surface area contributed by atoms with Gasteiger partial charge in [0.05, 0.1) is 6.04 Å². The standard InChI is InChI=1S/C13H24N2O4/c1-13(2,3)19-12(18)15-8-5-7-14-11(10-17)6-4-9-16/h9-11,14H,4-8H2,1-3H3,(H,15,18). The molecule has 0 saturated heterocycles. The predicted molar refractivity (Wildman–Crippen MR) is 72.0 cm³/mol. The maximum absolute atomic E-state index is 11.3. The van der Waals surface area contributed by atoms with Crippen LogP contribution in [0.15, 0.2) is 0 Å². The number of carbonyl (C=O) groups excluding carboxylic acids is 3. The van der Waals surface area contributed by atoms with Gasteiger partial charge in [-0.2, -0.15) is 0 Å². The van der Waals surface area contributed by atoms with Crippen molar-refractivity contribution in [2.45, 2.75) is 51.7 Å². The first kappa shape index (κ1) is 17.6. The van der Waals surface area contributed by atoms with Gasteiger partial charge < -0.3 is 25.0 Å². The highest BCUT2D eigenvalue weighted by Crippen LogP contribution is 2.06. The SMILES string of the molecule is CC(C)(C)OC(=O)NCCCNC(C=O)CCC=O. The van der Waals surface area contributed by atoms with E-state index >= 15 is 0 Å². The summed E-state index contributed by atoms with van der Waals surface area (Å²) >= 11 is 0. The zero-order valence-corrected chi connectivity index (χ0v) is 11.9.